The van der Waals surface area contributed by atoms with Crippen LogP contribution < -0.4 is 10.6 Å². The van der Waals surface area contributed by atoms with Crippen molar-refractivity contribution >= 4 is 48.8 Å². The third kappa shape index (κ3) is 7.25. The first-order valence-corrected chi connectivity index (χ1v) is 9.30. The number of hydrogen-bond donors (Lipinski definition) is 1. The Morgan fingerprint density at radius 2 is 1.75 bits per heavy atom. The zero-order valence-corrected chi connectivity index (χ0v) is 18.8. The molecule has 2 N–H and O–H groups in total. The summed E-state index contributed by atoms with van der Waals surface area (Å²) in [5, 5.41) is 0. The predicted molar refractivity (Wildman–Crippen MR) is 121 cm³/mol. The number of nitrogens with zero attached hydrogens (tertiary/aromatic N) is 3. The van der Waals surface area contributed by atoms with Crippen LogP contribution in [0.4, 0.5) is 5.69 Å². The number of benzene rings is 1. The third-order valence-electron chi connectivity index (χ3n) is 5.27. The maximum absolute atomic E-state index is 12.4. The Hall–Kier alpha value is -0.760. The summed E-state index contributed by atoms with van der Waals surface area (Å²) in [6.07, 6.45) is 1.44. The molecular formula is C19H33Cl3N4O2. The minimum atomic E-state index is -0.298. The van der Waals surface area contributed by atoms with Crippen LogP contribution in [-0.4, -0.2) is 80.8 Å². The van der Waals surface area contributed by atoms with Gasteiger partial charge in [-0.1, -0.05) is 18.2 Å². The molecule has 2 aliphatic rings. The van der Waals surface area contributed by atoms with Crippen LogP contribution in [0, 0.1) is 0 Å². The molecule has 0 radical (unpaired) electrons. The number of para-hydroxylation sites is 1. The van der Waals surface area contributed by atoms with Gasteiger partial charge in [-0.05, 0) is 25.0 Å². The summed E-state index contributed by atoms with van der Waals surface area (Å²) in [5.74, 6) is 0.0962. The number of likely N-dealkylation sites (N-methyl/N-ethyl adjacent to an activating group) is 1. The molecule has 0 unspecified atom stereocenters. The highest BCUT2D eigenvalue weighted by Crippen LogP contribution is 2.20. The molecule has 6 nitrogen and oxygen atoms in total. The van der Waals surface area contributed by atoms with Gasteiger partial charge in [-0.25, -0.2) is 0 Å². The van der Waals surface area contributed by atoms with E-state index < -0.39 is 0 Å². The molecule has 2 aliphatic heterocycles. The lowest BCUT2D eigenvalue weighted by molar-refractivity contribution is -0.141. The summed E-state index contributed by atoms with van der Waals surface area (Å²) in [4.78, 5) is 19.1. The molecular weight excluding hydrogens is 423 g/mol. The van der Waals surface area contributed by atoms with Crippen LogP contribution in [0.15, 0.2) is 30.3 Å². The van der Waals surface area contributed by atoms with Crippen LogP contribution in [0.3, 0.4) is 0 Å². The number of rotatable bonds is 6. The van der Waals surface area contributed by atoms with Gasteiger partial charge < -0.3 is 20.3 Å². The lowest BCUT2D eigenvalue weighted by Crippen LogP contribution is -2.49. The van der Waals surface area contributed by atoms with E-state index in [1.165, 1.54) is 5.69 Å². The summed E-state index contributed by atoms with van der Waals surface area (Å²) in [5.41, 5.74) is 6.91. The van der Waals surface area contributed by atoms with Crippen LogP contribution in [0.2, 0.25) is 0 Å². The van der Waals surface area contributed by atoms with Crippen molar-refractivity contribution in [1.82, 2.24) is 9.80 Å². The quantitative estimate of drug-likeness (QED) is 0.711. The summed E-state index contributed by atoms with van der Waals surface area (Å²) in [7, 11) is 1.88. The minimum Gasteiger partial charge on any atom is -0.369 e. The molecule has 0 spiro atoms. The van der Waals surface area contributed by atoms with E-state index in [4.69, 9.17) is 10.5 Å². The predicted octanol–water partition coefficient (Wildman–Crippen LogP) is 2.04. The molecule has 9 heteroatoms. The lowest BCUT2D eigenvalue weighted by atomic mass is 10.2. The average molecular weight is 456 g/mol. The molecule has 1 amide bonds. The Bertz CT molecular complexity index is 559. The van der Waals surface area contributed by atoms with E-state index in [1.54, 1.807) is 0 Å². The van der Waals surface area contributed by atoms with Gasteiger partial charge in [0.2, 0.25) is 0 Å². The van der Waals surface area contributed by atoms with E-state index in [-0.39, 0.29) is 55.3 Å². The Balaban J connectivity index is 0.00000243. The SMILES string of the molecule is CN(CCN1CCN(c2ccccc2)CC1)C(=O)[C@@H]1CC[C@H](CN)O1.Cl.Cl.Cl. The number of carbonyl (C=O) groups excluding carboxylic acids is 1. The fraction of sp³-hybridized carbons (Fsp3) is 0.632. The van der Waals surface area contributed by atoms with Crippen molar-refractivity contribution in [2.75, 3.05) is 57.8 Å². The maximum Gasteiger partial charge on any atom is 0.251 e. The van der Waals surface area contributed by atoms with Crippen LogP contribution in [0.1, 0.15) is 12.8 Å². The molecule has 0 bridgehead atoms. The third-order valence-corrected chi connectivity index (χ3v) is 5.27. The van der Waals surface area contributed by atoms with E-state index in [9.17, 15) is 4.79 Å². The van der Waals surface area contributed by atoms with E-state index in [1.807, 2.05) is 11.9 Å². The first-order valence-electron chi connectivity index (χ1n) is 9.30. The summed E-state index contributed by atoms with van der Waals surface area (Å²) < 4.78 is 5.71. The number of hydrogen-bond acceptors (Lipinski definition) is 5. The normalized spacial score (nSPS) is 21.9. The van der Waals surface area contributed by atoms with Crippen LogP contribution in [-0.2, 0) is 9.53 Å². The van der Waals surface area contributed by atoms with Gasteiger partial charge in [0.15, 0.2) is 0 Å². The van der Waals surface area contributed by atoms with Gasteiger partial charge in [-0.3, -0.25) is 9.69 Å². The number of ether oxygens (including phenoxy) is 1. The zero-order valence-electron chi connectivity index (χ0n) is 16.4. The standard InChI is InChI=1S/C19H30N4O2.3ClH/c1-21(19(24)18-8-7-17(15-20)25-18)9-10-22-11-13-23(14-12-22)16-5-3-2-4-6-16;;;/h2-6,17-18H,7-15,20H2,1H3;3*1H/t17-,18+;;;/m1.../s1. The van der Waals surface area contributed by atoms with Crippen LogP contribution in [0.5, 0.6) is 0 Å². The van der Waals surface area contributed by atoms with E-state index >= 15 is 0 Å². The maximum atomic E-state index is 12.4. The van der Waals surface area contributed by atoms with E-state index in [0.717, 1.165) is 52.1 Å². The van der Waals surface area contributed by atoms with Gasteiger partial charge in [-0.15, -0.1) is 37.2 Å². The van der Waals surface area contributed by atoms with Crippen molar-refractivity contribution in [3.8, 4) is 0 Å². The highest BCUT2D eigenvalue weighted by Gasteiger charge is 2.31. The van der Waals surface area contributed by atoms with Crippen molar-refractivity contribution in [2.24, 2.45) is 5.73 Å². The number of amides is 1. The van der Waals surface area contributed by atoms with Crippen molar-refractivity contribution in [3.63, 3.8) is 0 Å². The van der Waals surface area contributed by atoms with Gasteiger partial charge >= 0.3 is 0 Å². The van der Waals surface area contributed by atoms with Gasteiger partial charge in [0, 0.05) is 58.5 Å². The second kappa shape index (κ2) is 13.5. The molecule has 2 atom stereocenters. The smallest absolute Gasteiger partial charge is 0.251 e. The van der Waals surface area contributed by atoms with Gasteiger partial charge in [0.1, 0.15) is 6.10 Å². The van der Waals surface area contributed by atoms with E-state index in [2.05, 4.69) is 40.1 Å². The molecule has 28 heavy (non-hydrogen) atoms. The van der Waals surface area contributed by atoms with Crippen LogP contribution >= 0.6 is 37.2 Å². The molecule has 0 saturated carbocycles. The van der Waals surface area contributed by atoms with Crippen molar-refractivity contribution in [3.05, 3.63) is 30.3 Å². The Labute approximate surface area is 187 Å². The number of anilines is 1. The molecule has 1 aromatic rings. The Kier molecular flexibility index (Phi) is 13.1. The molecule has 0 aromatic heterocycles. The summed E-state index contributed by atoms with van der Waals surface area (Å²) in [6.45, 7) is 6.30. The number of halogens is 3. The molecule has 3 rings (SSSR count). The number of nitrogens with two attached hydrogens (primary N) is 1. The monoisotopic (exact) mass is 454 g/mol. The number of carbonyl (C=O) groups is 1. The average Bonchev–Trinajstić information content (AvgIpc) is 3.16. The largest absolute Gasteiger partial charge is 0.369 e. The second-order valence-electron chi connectivity index (χ2n) is 6.98. The van der Waals surface area contributed by atoms with Crippen molar-refractivity contribution in [1.29, 1.82) is 0 Å². The molecule has 2 fully saturated rings. The van der Waals surface area contributed by atoms with Gasteiger partial charge in [-0.2, -0.15) is 0 Å². The molecule has 2 heterocycles. The summed E-state index contributed by atoms with van der Waals surface area (Å²) in [6, 6.07) is 10.6. The summed E-state index contributed by atoms with van der Waals surface area (Å²) >= 11 is 0. The Morgan fingerprint density at radius 1 is 1.11 bits per heavy atom. The van der Waals surface area contributed by atoms with E-state index in [0.29, 0.717) is 6.54 Å². The number of piperazine rings is 1. The van der Waals surface area contributed by atoms with Crippen LogP contribution in [0.25, 0.3) is 0 Å². The zero-order chi connectivity index (χ0) is 17.6. The lowest BCUT2D eigenvalue weighted by Gasteiger charge is -2.36. The second-order valence-corrected chi connectivity index (χ2v) is 6.98. The van der Waals surface area contributed by atoms with Crippen molar-refractivity contribution < 1.29 is 9.53 Å². The molecule has 0 aliphatic carbocycles. The Morgan fingerprint density at radius 3 is 2.32 bits per heavy atom. The molecule has 1 aromatic carbocycles. The fourth-order valence-electron chi connectivity index (χ4n) is 3.58. The topological polar surface area (TPSA) is 62.0 Å². The molecule has 162 valence electrons. The minimum absolute atomic E-state index is 0. The van der Waals surface area contributed by atoms with Gasteiger partial charge in [0.05, 0.1) is 6.10 Å². The fourth-order valence-corrected chi connectivity index (χ4v) is 3.58. The highest BCUT2D eigenvalue weighted by molar-refractivity contribution is 5.86. The first-order chi connectivity index (χ1) is 12.2. The highest BCUT2D eigenvalue weighted by atomic mass is 35.5. The van der Waals surface area contributed by atoms with Crippen molar-refractivity contribution in [2.45, 2.75) is 25.0 Å². The first kappa shape index (κ1) is 27.2. The molecule has 2 saturated heterocycles. The van der Waals surface area contributed by atoms with Gasteiger partial charge in [0.25, 0.3) is 5.91 Å².